The van der Waals surface area contributed by atoms with Crippen molar-refractivity contribution in [1.29, 1.82) is 0 Å². The number of amides is 1. The van der Waals surface area contributed by atoms with Gasteiger partial charge in [0.15, 0.2) is 0 Å². The van der Waals surface area contributed by atoms with Gasteiger partial charge in [0.05, 0.1) is 5.56 Å². The van der Waals surface area contributed by atoms with Gasteiger partial charge >= 0.3 is 6.18 Å². The Morgan fingerprint density at radius 3 is 2.36 bits per heavy atom. The van der Waals surface area contributed by atoms with Crippen molar-refractivity contribution in [2.24, 2.45) is 0 Å². The maximum atomic E-state index is 13.3. The van der Waals surface area contributed by atoms with Gasteiger partial charge in [-0.2, -0.15) is 13.2 Å². The summed E-state index contributed by atoms with van der Waals surface area (Å²) in [6.45, 7) is 0. The van der Waals surface area contributed by atoms with Crippen LogP contribution in [0.3, 0.4) is 0 Å². The largest absolute Gasteiger partial charge is 0.670 e. The summed E-state index contributed by atoms with van der Waals surface area (Å²) in [6.07, 6.45) is 0.411. The third-order valence-electron chi connectivity index (χ3n) is 4.84. The first-order valence-electron chi connectivity index (χ1n) is 9.27. The quantitative estimate of drug-likeness (QED) is 0.619. The molecule has 28 heavy (non-hydrogen) atoms. The molecule has 3 nitrogen and oxygen atoms in total. The van der Waals surface area contributed by atoms with E-state index < -0.39 is 29.5 Å². The van der Waals surface area contributed by atoms with E-state index in [0.717, 1.165) is 44.2 Å². The normalized spacial score (nSPS) is 16.4. The summed E-state index contributed by atoms with van der Waals surface area (Å²) in [5.74, 6) is -0.856. The number of benzene rings is 2. The molecule has 1 saturated carbocycles. The molecule has 2 aromatic rings. The highest BCUT2D eigenvalue weighted by atomic mass is 19.4. The van der Waals surface area contributed by atoms with Gasteiger partial charge in [-0.25, -0.2) is 4.39 Å². The number of nitrogens with one attached hydrogen (secondary N) is 1. The second-order valence-corrected chi connectivity index (χ2v) is 6.97. The molecule has 2 aromatic carbocycles. The van der Waals surface area contributed by atoms with Crippen LogP contribution in [0.4, 0.5) is 23.2 Å². The monoisotopic (exact) mass is 393 g/mol. The summed E-state index contributed by atoms with van der Waals surface area (Å²) < 4.78 is 52.2. The lowest BCUT2D eigenvalue weighted by molar-refractivity contribution is -0.137. The molecule has 150 valence electrons. The summed E-state index contributed by atoms with van der Waals surface area (Å²) in [4.78, 5) is 12.9. The van der Waals surface area contributed by atoms with Crippen LogP contribution in [0.5, 0.6) is 0 Å². The molecule has 0 spiro atoms. The highest BCUT2D eigenvalue weighted by Crippen LogP contribution is 2.37. The van der Waals surface area contributed by atoms with Crippen LogP contribution in [0.2, 0.25) is 0 Å². The molecule has 0 radical (unpaired) electrons. The lowest BCUT2D eigenvalue weighted by Gasteiger charge is -2.35. The second-order valence-electron chi connectivity index (χ2n) is 6.97. The standard InChI is InChI=1S/C21H21F4N2O/c22-16-11-9-14(10-12-16)19(20(28)27-17-6-2-1-3-7-17)26-18-8-4-5-15(13-18)21(23,24)25/h4-5,8-13,17,19H,1-3,6-7H2,(H,27,28)/q-1. The fraction of sp³-hybridized carbons (Fsp3) is 0.381. The molecule has 1 N–H and O–H groups in total. The summed E-state index contributed by atoms with van der Waals surface area (Å²) in [5.41, 5.74) is -0.366. The zero-order chi connectivity index (χ0) is 20.1. The van der Waals surface area contributed by atoms with Crippen molar-refractivity contribution < 1.29 is 22.4 Å². The summed E-state index contributed by atoms with van der Waals surface area (Å²) in [6, 6.07) is 8.78. The highest BCUT2D eigenvalue weighted by Gasteiger charge is 2.30. The first-order chi connectivity index (χ1) is 13.3. The van der Waals surface area contributed by atoms with Gasteiger partial charge in [-0.1, -0.05) is 61.2 Å². The first-order valence-corrected chi connectivity index (χ1v) is 9.27. The number of carbonyl (C=O) groups excluding carboxylic acids is 1. The highest BCUT2D eigenvalue weighted by molar-refractivity contribution is 5.87. The van der Waals surface area contributed by atoms with Gasteiger partial charge in [0, 0.05) is 6.04 Å². The van der Waals surface area contributed by atoms with Crippen LogP contribution in [0.25, 0.3) is 5.32 Å². The average molecular weight is 393 g/mol. The van der Waals surface area contributed by atoms with Crippen molar-refractivity contribution in [2.75, 3.05) is 0 Å². The number of nitrogens with zero attached hydrogens (tertiary/aromatic N) is 1. The molecule has 1 unspecified atom stereocenters. The predicted octanol–water partition coefficient (Wildman–Crippen LogP) is 6.04. The van der Waals surface area contributed by atoms with E-state index in [2.05, 4.69) is 10.6 Å². The maximum Gasteiger partial charge on any atom is 0.416 e. The Balaban J connectivity index is 1.83. The van der Waals surface area contributed by atoms with Crippen molar-refractivity contribution in [2.45, 2.75) is 50.4 Å². The van der Waals surface area contributed by atoms with Gasteiger partial charge in [0.2, 0.25) is 5.91 Å². The second kappa shape index (κ2) is 8.63. The van der Waals surface area contributed by atoms with Gasteiger partial charge in [-0.15, -0.1) is 5.69 Å². The summed E-state index contributed by atoms with van der Waals surface area (Å²) in [5, 5.41) is 7.21. The van der Waals surface area contributed by atoms with Crippen LogP contribution in [0, 0.1) is 5.82 Å². The van der Waals surface area contributed by atoms with E-state index in [4.69, 9.17) is 0 Å². The zero-order valence-electron chi connectivity index (χ0n) is 15.2. The molecule has 0 heterocycles. The van der Waals surface area contributed by atoms with E-state index in [1.54, 1.807) is 0 Å². The van der Waals surface area contributed by atoms with E-state index in [9.17, 15) is 22.4 Å². The fourth-order valence-electron chi connectivity index (χ4n) is 3.37. The number of rotatable bonds is 5. The van der Waals surface area contributed by atoms with Crippen LogP contribution in [0.15, 0.2) is 48.5 Å². The Bertz CT molecular complexity index is 799. The number of alkyl halides is 3. The molecule has 7 heteroatoms. The van der Waals surface area contributed by atoms with E-state index in [1.165, 1.54) is 36.4 Å². The van der Waals surface area contributed by atoms with Crippen molar-refractivity contribution in [3.05, 3.63) is 70.8 Å². The van der Waals surface area contributed by atoms with Crippen molar-refractivity contribution in [3.8, 4) is 0 Å². The Kier molecular flexibility index (Phi) is 6.21. The number of hydrogen-bond acceptors (Lipinski definition) is 1. The van der Waals surface area contributed by atoms with E-state index in [0.29, 0.717) is 5.56 Å². The van der Waals surface area contributed by atoms with Crippen LogP contribution < -0.4 is 5.32 Å². The molecule has 0 bridgehead atoms. The minimum absolute atomic E-state index is 0.0286. The third-order valence-corrected chi connectivity index (χ3v) is 4.84. The van der Waals surface area contributed by atoms with Gasteiger partial charge in [-0.05, 0) is 31.0 Å². The van der Waals surface area contributed by atoms with E-state index in [-0.39, 0.29) is 11.7 Å². The van der Waals surface area contributed by atoms with Gasteiger partial charge in [0.1, 0.15) is 5.82 Å². The molecule has 1 atom stereocenters. The SMILES string of the molecule is O=C(NC1CCCCC1)C([N-]c1cccc(C(F)(F)F)c1)c1ccc(F)cc1. The molecule has 1 amide bonds. The van der Waals surface area contributed by atoms with Gasteiger partial charge in [-0.3, -0.25) is 4.79 Å². The van der Waals surface area contributed by atoms with Gasteiger partial charge in [0.25, 0.3) is 0 Å². The van der Waals surface area contributed by atoms with Crippen molar-refractivity contribution in [1.82, 2.24) is 5.32 Å². The Morgan fingerprint density at radius 1 is 1.04 bits per heavy atom. The van der Waals surface area contributed by atoms with Crippen LogP contribution in [-0.2, 0) is 11.0 Å². The Morgan fingerprint density at radius 2 is 1.71 bits per heavy atom. The number of halogens is 4. The van der Waals surface area contributed by atoms with Crippen molar-refractivity contribution in [3.63, 3.8) is 0 Å². The number of hydrogen-bond donors (Lipinski definition) is 1. The van der Waals surface area contributed by atoms with Crippen LogP contribution >= 0.6 is 0 Å². The summed E-state index contributed by atoms with van der Waals surface area (Å²) >= 11 is 0. The lowest BCUT2D eigenvalue weighted by Crippen LogP contribution is -2.38. The zero-order valence-corrected chi connectivity index (χ0v) is 15.2. The topological polar surface area (TPSA) is 43.2 Å². The lowest BCUT2D eigenvalue weighted by atomic mass is 9.95. The maximum absolute atomic E-state index is 13.3. The summed E-state index contributed by atoms with van der Waals surface area (Å²) in [7, 11) is 0. The van der Waals surface area contributed by atoms with Crippen LogP contribution in [0.1, 0.15) is 49.3 Å². The first kappa shape index (κ1) is 20.2. The smallest absolute Gasteiger partial charge is 0.416 e. The molecule has 1 aliphatic carbocycles. The number of carbonyl (C=O) groups is 1. The van der Waals surface area contributed by atoms with E-state index in [1.807, 2.05) is 0 Å². The molecule has 1 fully saturated rings. The van der Waals surface area contributed by atoms with E-state index >= 15 is 0 Å². The molecule has 0 aliphatic heterocycles. The third kappa shape index (κ3) is 5.24. The predicted molar refractivity (Wildman–Crippen MR) is 98.6 cm³/mol. The van der Waals surface area contributed by atoms with Gasteiger partial charge < -0.3 is 10.6 Å². The molecular formula is C21H21F4N2O-. The fourth-order valence-corrected chi connectivity index (χ4v) is 3.37. The molecule has 3 rings (SSSR count). The average Bonchev–Trinajstić information content (AvgIpc) is 2.67. The molecule has 0 aromatic heterocycles. The Labute approximate surface area is 161 Å². The Hall–Kier alpha value is -2.57. The minimum Gasteiger partial charge on any atom is -0.670 e. The molecular weight excluding hydrogens is 372 g/mol. The molecule has 0 saturated heterocycles. The minimum atomic E-state index is -4.50. The van der Waals surface area contributed by atoms with Crippen LogP contribution in [-0.4, -0.2) is 11.9 Å². The van der Waals surface area contributed by atoms with Crippen molar-refractivity contribution >= 4 is 11.6 Å². The molecule has 1 aliphatic rings.